The van der Waals surface area contributed by atoms with E-state index in [0.29, 0.717) is 0 Å². The molecule has 0 aromatic carbocycles. The predicted molar refractivity (Wildman–Crippen MR) is 36.5 cm³/mol. The van der Waals surface area contributed by atoms with Crippen molar-refractivity contribution in [1.82, 2.24) is 0 Å². The third kappa shape index (κ3) is 4.26. The Kier molecular flexibility index (Phi) is 4.12. The standard InChI is InChI=1S/C5H10N2O4/c1-11-5(8)4(6)2-3-7(9)10/h4H,2-3,6H2,1H3/t4-/m1/s1. The van der Waals surface area contributed by atoms with Crippen LogP contribution in [0.4, 0.5) is 0 Å². The first-order valence-corrected chi connectivity index (χ1v) is 3.03. The molecule has 0 radical (unpaired) electrons. The second-order valence-electron chi connectivity index (χ2n) is 1.97. The number of methoxy groups -OCH3 is 1. The van der Waals surface area contributed by atoms with Crippen molar-refractivity contribution in [3.63, 3.8) is 0 Å². The molecule has 0 spiro atoms. The maximum Gasteiger partial charge on any atom is 0.322 e. The highest BCUT2D eigenvalue weighted by Crippen LogP contribution is 1.90. The van der Waals surface area contributed by atoms with Gasteiger partial charge in [-0.2, -0.15) is 0 Å². The average Bonchev–Trinajstić information content (AvgIpc) is 1.98. The molecule has 6 heteroatoms. The second kappa shape index (κ2) is 4.62. The fraction of sp³-hybridized carbons (Fsp3) is 0.800. The van der Waals surface area contributed by atoms with E-state index in [1.807, 2.05) is 0 Å². The largest absolute Gasteiger partial charge is 0.468 e. The van der Waals surface area contributed by atoms with E-state index in [1.165, 1.54) is 7.11 Å². The molecule has 0 aromatic heterocycles. The summed E-state index contributed by atoms with van der Waals surface area (Å²) in [5, 5.41) is 9.81. The molecule has 0 aromatic rings. The Bertz CT molecular complexity index is 159. The van der Waals surface area contributed by atoms with Crippen molar-refractivity contribution in [2.24, 2.45) is 5.73 Å². The Balaban J connectivity index is 3.60. The number of carbonyl (C=O) groups is 1. The van der Waals surface area contributed by atoms with Gasteiger partial charge in [-0.15, -0.1) is 0 Å². The summed E-state index contributed by atoms with van der Waals surface area (Å²) in [6.07, 6.45) is 0.0136. The molecular formula is C5H10N2O4. The summed E-state index contributed by atoms with van der Waals surface area (Å²) >= 11 is 0. The molecule has 0 rings (SSSR count). The van der Waals surface area contributed by atoms with Crippen molar-refractivity contribution in [3.05, 3.63) is 10.1 Å². The van der Waals surface area contributed by atoms with E-state index >= 15 is 0 Å². The van der Waals surface area contributed by atoms with E-state index in [1.54, 1.807) is 0 Å². The Morgan fingerprint density at radius 2 is 2.36 bits per heavy atom. The topological polar surface area (TPSA) is 95.5 Å². The van der Waals surface area contributed by atoms with Crippen molar-refractivity contribution >= 4 is 5.97 Å². The highest BCUT2D eigenvalue weighted by molar-refractivity contribution is 5.75. The van der Waals surface area contributed by atoms with Gasteiger partial charge in [-0.05, 0) is 0 Å². The van der Waals surface area contributed by atoms with Gasteiger partial charge in [0.1, 0.15) is 6.04 Å². The summed E-state index contributed by atoms with van der Waals surface area (Å²) < 4.78 is 4.26. The highest BCUT2D eigenvalue weighted by atomic mass is 16.6. The number of hydrogen-bond acceptors (Lipinski definition) is 5. The van der Waals surface area contributed by atoms with Crippen LogP contribution < -0.4 is 5.73 Å². The number of nitrogens with two attached hydrogens (primary N) is 1. The van der Waals surface area contributed by atoms with Gasteiger partial charge >= 0.3 is 5.97 Å². The van der Waals surface area contributed by atoms with Crippen molar-refractivity contribution < 1.29 is 14.5 Å². The summed E-state index contributed by atoms with van der Waals surface area (Å²) in [6.45, 7) is -0.309. The Morgan fingerprint density at radius 1 is 1.82 bits per heavy atom. The lowest BCUT2D eigenvalue weighted by atomic mass is 10.2. The summed E-state index contributed by atoms with van der Waals surface area (Å²) in [5.74, 6) is -0.619. The normalized spacial score (nSPS) is 12.2. The van der Waals surface area contributed by atoms with E-state index in [4.69, 9.17) is 5.73 Å². The Morgan fingerprint density at radius 3 is 2.73 bits per heavy atom. The quantitative estimate of drug-likeness (QED) is 0.330. The lowest BCUT2D eigenvalue weighted by Crippen LogP contribution is -2.33. The Labute approximate surface area is 63.5 Å². The zero-order chi connectivity index (χ0) is 8.85. The second-order valence-corrected chi connectivity index (χ2v) is 1.97. The minimum atomic E-state index is -0.884. The molecule has 0 fully saturated rings. The molecule has 0 aliphatic carbocycles. The molecule has 0 unspecified atom stereocenters. The van der Waals surface area contributed by atoms with Crippen molar-refractivity contribution in [2.75, 3.05) is 13.7 Å². The average molecular weight is 162 g/mol. The summed E-state index contributed by atoms with van der Waals surface area (Å²) in [7, 11) is 1.19. The SMILES string of the molecule is COC(=O)[C@H](N)CC[N+](=O)[O-]. The van der Waals surface area contributed by atoms with E-state index in [0.717, 1.165) is 0 Å². The molecule has 0 heterocycles. The van der Waals surface area contributed by atoms with Crippen LogP contribution >= 0.6 is 0 Å². The van der Waals surface area contributed by atoms with Gasteiger partial charge in [-0.1, -0.05) is 0 Å². The van der Waals surface area contributed by atoms with Crippen LogP contribution in [0.3, 0.4) is 0 Å². The van der Waals surface area contributed by atoms with Crippen LogP contribution in [0.5, 0.6) is 0 Å². The number of nitro groups is 1. The van der Waals surface area contributed by atoms with Crippen molar-refractivity contribution in [2.45, 2.75) is 12.5 Å². The molecule has 64 valence electrons. The van der Waals surface area contributed by atoms with Gasteiger partial charge in [-0.3, -0.25) is 14.9 Å². The van der Waals surface area contributed by atoms with Crippen LogP contribution in [0, 0.1) is 10.1 Å². The van der Waals surface area contributed by atoms with Crippen LogP contribution in [-0.4, -0.2) is 30.6 Å². The molecule has 1 atom stereocenters. The zero-order valence-electron chi connectivity index (χ0n) is 6.15. The predicted octanol–water partition coefficient (Wildman–Crippen LogP) is -0.846. The first-order chi connectivity index (χ1) is 5.07. The lowest BCUT2D eigenvalue weighted by molar-refractivity contribution is -0.480. The molecule has 0 aliphatic heterocycles. The third-order valence-corrected chi connectivity index (χ3v) is 1.13. The molecule has 0 saturated carbocycles. The van der Waals surface area contributed by atoms with Gasteiger partial charge in [0.15, 0.2) is 0 Å². The van der Waals surface area contributed by atoms with Crippen molar-refractivity contribution in [3.8, 4) is 0 Å². The van der Waals surface area contributed by atoms with Gasteiger partial charge in [-0.25, -0.2) is 0 Å². The molecule has 0 amide bonds. The smallest absolute Gasteiger partial charge is 0.322 e. The maximum absolute atomic E-state index is 10.6. The first-order valence-electron chi connectivity index (χ1n) is 3.03. The minimum Gasteiger partial charge on any atom is -0.468 e. The molecule has 6 nitrogen and oxygen atoms in total. The number of rotatable bonds is 4. The van der Waals surface area contributed by atoms with Crippen molar-refractivity contribution in [1.29, 1.82) is 0 Å². The summed E-state index contributed by atoms with van der Waals surface area (Å²) in [4.78, 5) is 19.8. The van der Waals surface area contributed by atoms with Gasteiger partial charge in [0, 0.05) is 11.3 Å². The van der Waals surface area contributed by atoms with Crippen LogP contribution in [-0.2, 0) is 9.53 Å². The first kappa shape index (κ1) is 9.83. The summed E-state index contributed by atoms with van der Waals surface area (Å²) in [6, 6.07) is -0.884. The van der Waals surface area contributed by atoms with Gasteiger partial charge in [0.05, 0.1) is 7.11 Å². The van der Waals surface area contributed by atoms with Crippen LogP contribution in [0.1, 0.15) is 6.42 Å². The molecule has 11 heavy (non-hydrogen) atoms. The van der Waals surface area contributed by atoms with E-state index < -0.39 is 16.9 Å². The van der Waals surface area contributed by atoms with E-state index in [2.05, 4.69) is 4.74 Å². The molecule has 0 bridgehead atoms. The van der Waals surface area contributed by atoms with Gasteiger partial charge in [0.2, 0.25) is 6.54 Å². The fourth-order valence-corrected chi connectivity index (χ4v) is 0.514. The van der Waals surface area contributed by atoms with Gasteiger partial charge in [0.25, 0.3) is 0 Å². The number of ether oxygens (including phenoxy) is 1. The third-order valence-electron chi connectivity index (χ3n) is 1.13. The molecular weight excluding hydrogens is 152 g/mol. The van der Waals surface area contributed by atoms with Crippen LogP contribution in [0.2, 0.25) is 0 Å². The van der Waals surface area contributed by atoms with Crippen LogP contribution in [0.15, 0.2) is 0 Å². The van der Waals surface area contributed by atoms with E-state index in [9.17, 15) is 14.9 Å². The molecule has 0 aliphatic rings. The lowest BCUT2D eigenvalue weighted by Gasteiger charge is -2.04. The Hall–Kier alpha value is -1.17. The minimum absolute atomic E-state index is 0.0136. The number of nitrogens with zero attached hydrogens (tertiary/aromatic N) is 1. The van der Waals surface area contributed by atoms with Crippen LogP contribution in [0.25, 0.3) is 0 Å². The summed E-state index contributed by atoms with van der Waals surface area (Å²) in [5.41, 5.74) is 5.20. The number of esters is 1. The number of hydrogen-bond donors (Lipinski definition) is 1. The molecule has 0 saturated heterocycles. The maximum atomic E-state index is 10.6. The number of carbonyl (C=O) groups excluding carboxylic acids is 1. The molecule has 2 N–H and O–H groups in total. The zero-order valence-corrected chi connectivity index (χ0v) is 6.15. The highest BCUT2D eigenvalue weighted by Gasteiger charge is 2.15. The van der Waals surface area contributed by atoms with Gasteiger partial charge < -0.3 is 10.5 Å². The van der Waals surface area contributed by atoms with E-state index in [-0.39, 0.29) is 13.0 Å². The fourth-order valence-electron chi connectivity index (χ4n) is 0.514. The monoisotopic (exact) mass is 162 g/mol.